The lowest BCUT2D eigenvalue weighted by atomic mass is 9.70. The van der Waals surface area contributed by atoms with Gasteiger partial charge >= 0.3 is 0 Å². The topological polar surface area (TPSA) is 33.0 Å². The van der Waals surface area contributed by atoms with Gasteiger partial charge in [-0.1, -0.05) is 24.3 Å². The van der Waals surface area contributed by atoms with Gasteiger partial charge in [0.05, 0.1) is 17.2 Å². The van der Waals surface area contributed by atoms with E-state index in [-0.39, 0.29) is 5.60 Å². The molecule has 0 heterocycles. The molecule has 0 bridgehead atoms. The number of hydrogen-bond donors (Lipinski definition) is 0. The highest BCUT2D eigenvalue weighted by atomic mass is 16.5. The summed E-state index contributed by atoms with van der Waals surface area (Å²) < 4.78 is 5.66. The van der Waals surface area contributed by atoms with E-state index in [1.165, 1.54) is 11.1 Å². The molecule has 2 heteroatoms. The van der Waals surface area contributed by atoms with Gasteiger partial charge in [-0.25, -0.2) is 0 Å². The third kappa shape index (κ3) is 2.94. The molecule has 2 rings (SSSR count). The first-order valence-corrected chi connectivity index (χ1v) is 7.21. The monoisotopic (exact) mass is 269 g/mol. The van der Waals surface area contributed by atoms with E-state index in [0.717, 1.165) is 19.3 Å². The Hall–Kier alpha value is -1.59. The molecule has 2 nitrogen and oxygen atoms in total. The van der Waals surface area contributed by atoms with E-state index in [9.17, 15) is 0 Å². The van der Waals surface area contributed by atoms with Crippen LogP contribution in [-0.2, 0) is 4.74 Å². The van der Waals surface area contributed by atoms with Crippen LogP contribution < -0.4 is 0 Å². The maximum atomic E-state index is 8.89. The summed E-state index contributed by atoms with van der Waals surface area (Å²) >= 11 is 0. The molecule has 20 heavy (non-hydrogen) atoms. The van der Waals surface area contributed by atoms with Crippen molar-refractivity contribution in [3.05, 3.63) is 47.5 Å². The molecule has 0 unspecified atom stereocenters. The fourth-order valence-corrected chi connectivity index (χ4v) is 3.06. The smallest absolute Gasteiger partial charge is 0.0991 e. The Morgan fingerprint density at radius 2 is 1.95 bits per heavy atom. The van der Waals surface area contributed by atoms with Crippen LogP contribution in [0.15, 0.2) is 36.4 Å². The molecule has 1 saturated carbocycles. The molecule has 0 amide bonds. The molecule has 1 aliphatic rings. The number of ether oxygens (including phenoxy) is 1. The predicted molar refractivity (Wildman–Crippen MR) is 81.5 cm³/mol. The Kier molecular flexibility index (Phi) is 4.30. The zero-order valence-electron chi connectivity index (χ0n) is 12.6. The van der Waals surface area contributed by atoms with Crippen molar-refractivity contribution in [1.82, 2.24) is 0 Å². The van der Waals surface area contributed by atoms with Gasteiger partial charge in [-0.15, -0.1) is 0 Å². The standard InChI is InChI=1S/C18H23NO/c1-13-5-10-16(18(2,3)20-4)11-17(13)15-8-6-14(12-19)7-9-15/h6-9,16-17H,1,5,10-11H2,2-4H3/t16-,17+/m0/s1. The summed E-state index contributed by atoms with van der Waals surface area (Å²) in [5, 5.41) is 8.89. The summed E-state index contributed by atoms with van der Waals surface area (Å²) in [4.78, 5) is 0. The maximum Gasteiger partial charge on any atom is 0.0991 e. The van der Waals surface area contributed by atoms with Crippen LogP contribution in [-0.4, -0.2) is 12.7 Å². The molecule has 1 aromatic carbocycles. The molecule has 1 aromatic rings. The predicted octanol–water partition coefficient (Wildman–Crippen LogP) is 4.42. The second kappa shape index (κ2) is 5.81. The van der Waals surface area contributed by atoms with Gasteiger partial charge in [-0.3, -0.25) is 0 Å². The quantitative estimate of drug-likeness (QED) is 0.761. The average molecular weight is 269 g/mol. The lowest BCUT2D eigenvalue weighted by molar-refractivity contribution is -0.0386. The SMILES string of the molecule is C=C1CC[C@H](C(C)(C)OC)C[C@H]1c1ccc(C#N)cc1. The van der Waals surface area contributed by atoms with E-state index in [2.05, 4.69) is 38.6 Å². The number of benzene rings is 1. The van der Waals surface area contributed by atoms with E-state index in [4.69, 9.17) is 10.00 Å². The van der Waals surface area contributed by atoms with Crippen LogP contribution in [0.1, 0.15) is 50.2 Å². The third-order valence-corrected chi connectivity index (χ3v) is 4.78. The number of methoxy groups -OCH3 is 1. The van der Waals surface area contributed by atoms with Crippen molar-refractivity contribution >= 4 is 0 Å². The van der Waals surface area contributed by atoms with Crippen LogP contribution in [0.4, 0.5) is 0 Å². The second-order valence-electron chi connectivity index (χ2n) is 6.22. The van der Waals surface area contributed by atoms with Crippen molar-refractivity contribution in [3.8, 4) is 6.07 Å². The van der Waals surface area contributed by atoms with Gasteiger partial charge in [0.1, 0.15) is 0 Å². The molecular weight excluding hydrogens is 246 g/mol. The van der Waals surface area contributed by atoms with E-state index in [1.54, 1.807) is 7.11 Å². The fourth-order valence-electron chi connectivity index (χ4n) is 3.06. The van der Waals surface area contributed by atoms with Crippen LogP contribution in [0.25, 0.3) is 0 Å². The number of nitriles is 1. The molecule has 0 radical (unpaired) electrons. The molecule has 0 spiro atoms. The van der Waals surface area contributed by atoms with Gasteiger partial charge in [-0.05, 0) is 56.7 Å². The minimum Gasteiger partial charge on any atom is -0.379 e. The highest BCUT2D eigenvalue weighted by Crippen LogP contribution is 2.44. The molecule has 0 saturated heterocycles. The Labute approximate surface area is 122 Å². The largest absolute Gasteiger partial charge is 0.379 e. The average Bonchev–Trinajstić information content (AvgIpc) is 2.47. The summed E-state index contributed by atoms with van der Waals surface area (Å²) in [6, 6.07) is 10.1. The van der Waals surface area contributed by atoms with Crippen molar-refractivity contribution < 1.29 is 4.74 Å². The highest BCUT2D eigenvalue weighted by molar-refractivity contribution is 5.36. The molecule has 0 aromatic heterocycles. The molecule has 106 valence electrons. The van der Waals surface area contributed by atoms with Crippen LogP contribution in [0.5, 0.6) is 0 Å². The first-order chi connectivity index (χ1) is 9.47. The zero-order valence-corrected chi connectivity index (χ0v) is 12.6. The Bertz CT molecular complexity index is 521. The van der Waals surface area contributed by atoms with Gasteiger partial charge in [-0.2, -0.15) is 5.26 Å². The first kappa shape index (κ1) is 14.8. The van der Waals surface area contributed by atoms with Gasteiger partial charge in [0.25, 0.3) is 0 Å². The zero-order chi connectivity index (χ0) is 14.8. The second-order valence-corrected chi connectivity index (χ2v) is 6.22. The summed E-state index contributed by atoms with van der Waals surface area (Å²) in [6.45, 7) is 8.59. The molecule has 1 aliphatic carbocycles. The van der Waals surface area contributed by atoms with E-state index in [1.807, 2.05) is 12.1 Å². The highest BCUT2D eigenvalue weighted by Gasteiger charge is 2.35. The van der Waals surface area contributed by atoms with Crippen LogP contribution in [0.3, 0.4) is 0 Å². The molecule has 2 atom stereocenters. The number of hydrogen-bond acceptors (Lipinski definition) is 2. The molecule has 0 aliphatic heterocycles. The molecule has 0 N–H and O–H groups in total. The minimum absolute atomic E-state index is 0.0917. The Morgan fingerprint density at radius 1 is 1.30 bits per heavy atom. The number of rotatable bonds is 3. The van der Waals surface area contributed by atoms with Crippen molar-refractivity contribution in [2.24, 2.45) is 5.92 Å². The molecular formula is C18H23NO. The third-order valence-electron chi connectivity index (χ3n) is 4.78. The van der Waals surface area contributed by atoms with E-state index >= 15 is 0 Å². The minimum atomic E-state index is -0.0917. The summed E-state index contributed by atoms with van der Waals surface area (Å²) in [6.07, 6.45) is 3.28. The lowest BCUT2D eigenvalue weighted by Crippen LogP contribution is -2.36. The maximum absolute atomic E-state index is 8.89. The van der Waals surface area contributed by atoms with Gasteiger partial charge in [0.15, 0.2) is 0 Å². The molecule has 1 fully saturated rings. The van der Waals surface area contributed by atoms with E-state index < -0.39 is 0 Å². The van der Waals surface area contributed by atoms with Crippen molar-refractivity contribution in [2.75, 3.05) is 7.11 Å². The Balaban J connectivity index is 2.21. The fraction of sp³-hybridized carbons (Fsp3) is 0.500. The van der Waals surface area contributed by atoms with Crippen molar-refractivity contribution in [2.45, 2.75) is 44.6 Å². The van der Waals surface area contributed by atoms with Gasteiger partial charge < -0.3 is 4.74 Å². The number of nitrogens with zero attached hydrogens (tertiary/aromatic N) is 1. The lowest BCUT2D eigenvalue weighted by Gasteiger charge is -2.40. The normalized spacial score (nSPS) is 23.4. The summed E-state index contributed by atoms with van der Waals surface area (Å²) in [5.41, 5.74) is 3.19. The van der Waals surface area contributed by atoms with Crippen LogP contribution in [0.2, 0.25) is 0 Å². The van der Waals surface area contributed by atoms with Crippen molar-refractivity contribution in [3.63, 3.8) is 0 Å². The van der Waals surface area contributed by atoms with Crippen molar-refractivity contribution in [1.29, 1.82) is 5.26 Å². The Morgan fingerprint density at radius 3 is 2.50 bits per heavy atom. The van der Waals surface area contributed by atoms with Crippen LogP contribution >= 0.6 is 0 Å². The van der Waals surface area contributed by atoms with Crippen LogP contribution in [0, 0.1) is 17.2 Å². The summed E-state index contributed by atoms with van der Waals surface area (Å²) in [5.74, 6) is 0.926. The van der Waals surface area contributed by atoms with Gasteiger partial charge in [0, 0.05) is 13.0 Å². The van der Waals surface area contributed by atoms with Gasteiger partial charge in [0.2, 0.25) is 0 Å². The number of allylic oxidation sites excluding steroid dienone is 1. The summed E-state index contributed by atoms with van der Waals surface area (Å²) in [7, 11) is 1.79. The van der Waals surface area contributed by atoms with E-state index in [0.29, 0.717) is 17.4 Å². The first-order valence-electron chi connectivity index (χ1n) is 7.21.